The van der Waals surface area contributed by atoms with Gasteiger partial charge in [-0.15, -0.1) is 0 Å². The van der Waals surface area contributed by atoms with Crippen molar-refractivity contribution in [1.82, 2.24) is 0 Å². The lowest BCUT2D eigenvalue weighted by Crippen LogP contribution is -2.15. The molecule has 0 radical (unpaired) electrons. The summed E-state index contributed by atoms with van der Waals surface area (Å²) in [5.74, 6) is 0.800. The summed E-state index contributed by atoms with van der Waals surface area (Å²) in [6, 6.07) is 15.5. The van der Waals surface area contributed by atoms with E-state index in [1.807, 2.05) is 44.2 Å². The van der Waals surface area contributed by atoms with E-state index in [2.05, 4.69) is 0 Å². The summed E-state index contributed by atoms with van der Waals surface area (Å²) in [7, 11) is -4.02. The number of aliphatic hydroxyl groups excluding tert-OH is 1. The van der Waals surface area contributed by atoms with Crippen molar-refractivity contribution < 1.29 is 22.8 Å². The fraction of sp³-hybridized carbons (Fsp3) is 0.250. The van der Waals surface area contributed by atoms with E-state index >= 15 is 0 Å². The summed E-state index contributed by atoms with van der Waals surface area (Å²) >= 11 is 0. The minimum absolute atomic E-state index is 0.0505. The van der Waals surface area contributed by atoms with Gasteiger partial charge >= 0.3 is 0 Å². The molecule has 0 saturated heterocycles. The highest BCUT2D eigenvalue weighted by atomic mass is 32.2. The zero-order valence-corrected chi connectivity index (χ0v) is 13.3. The van der Waals surface area contributed by atoms with Gasteiger partial charge in [-0.2, -0.15) is 8.42 Å². The molecule has 0 fully saturated rings. The standard InChI is InChI=1S/C9H12O2.C7H8O3S/c1-8(7-10)11-9-5-3-2-4-6-9;1-6-2-4-7(5-3-6)11(8,9)10/h2-6,8,10H,7H2,1H3;2-5H,1H3,(H,8,9,10). The van der Waals surface area contributed by atoms with E-state index in [4.69, 9.17) is 14.4 Å². The molecular weight excluding hydrogens is 304 g/mol. The fourth-order valence-electron chi connectivity index (χ4n) is 1.48. The quantitative estimate of drug-likeness (QED) is 0.845. The number of benzene rings is 2. The molecule has 6 heteroatoms. The van der Waals surface area contributed by atoms with Crippen molar-refractivity contribution in [3.63, 3.8) is 0 Å². The molecule has 0 bridgehead atoms. The summed E-state index contributed by atoms with van der Waals surface area (Å²) in [4.78, 5) is -0.0666. The second kappa shape index (κ2) is 8.53. The Hall–Kier alpha value is -1.89. The van der Waals surface area contributed by atoms with Gasteiger partial charge in [-0.1, -0.05) is 35.9 Å². The third kappa shape index (κ3) is 6.71. The van der Waals surface area contributed by atoms with E-state index in [-0.39, 0.29) is 17.6 Å². The molecule has 2 aromatic rings. The summed E-state index contributed by atoms with van der Waals surface area (Å²) < 4.78 is 34.9. The molecule has 2 N–H and O–H groups in total. The molecule has 0 aromatic heterocycles. The van der Waals surface area contributed by atoms with Gasteiger partial charge in [-0.05, 0) is 38.1 Å². The molecule has 22 heavy (non-hydrogen) atoms. The van der Waals surface area contributed by atoms with Gasteiger partial charge in [0.1, 0.15) is 11.9 Å². The predicted molar refractivity (Wildman–Crippen MR) is 84.6 cm³/mol. The maximum absolute atomic E-state index is 10.5. The third-order valence-corrected chi connectivity index (χ3v) is 3.52. The molecule has 0 spiro atoms. The van der Waals surface area contributed by atoms with Crippen LogP contribution in [0.25, 0.3) is 0 Å². The first kappa shape index (κ1) is 18.2. The van der Waals surface area contributed by atoms with Gasteiger partial charge in [-0.25, -0.2) is 0 Å². The summed E-state index contributed by atoms with van der Waals surface area (Å²) in [5, 5.41) is 8.67. The first-order valence-corrected chi connectivity index (χ1v) is 8.13. The van der Waals surface area contributed by atoms with Crippen LogP contribution in [0.2, 0.25) is 0 Å². The number of ether oxygens (including phenoxy) is 1. The largest absolute Gasteiger partial charge is 0.488 e. The zero-order chi connectivity index (χ0) is 16.6. The monoisotopic (exact) mass is 324 g/mol. The van der Waals surface area contributed by atoms with Crippen molar-refractivity contribution in [3.8, 4) is 5.75 Å². The smallest absolute Gasteiger partial charge is 0.294 e. The van der Waals surface area contributed by atoms with Gasteiger partial charge in [-0.3, -0.25) is 4.55 Å². The maximum atomic E-state index is 10.5. The normalized spacial score (nSPS) is 12.0. The molecule has 1 atom stereocenters. The summed E-state index contributed by atoms with van der Waals surface area (Å²) in [6.45, 7) is 3.72. The molecule has 0 aliphatic carbocycles. The van der Waals surface area contributed by atoms with Crippen LogP contribution < -0.4 is 4.74 Å². The topological polar surface area (TPSA) is 83.8 Å². The van der Waals surface area contributed by atoms with E-state index in [9.17, 15) is 8.42 Å². The van der Waals surface area contributed by atoms with Gasteiger partial charge in [0.05, 0.1) is 11.5 Å². The Morgan fingerprint density at radius 2 is 1.59 bits per heavy atom. The second-order valence-corrected chi connectivity index (χ2v) is 6.13. The lowest BCUT2D eigenvalue weighted by Gasteiger charge is -2.10. The van der Waals surface area contributed by atoms with E-state index in [1.54, 1.807) is 12.1 Å². The van der Waals surface area contributed by atoms with Crippen molar-refractivity contribution in [2.75, 3.05) is 6.61 Å². The molecule has 0 aliphatic heterocycles. The van der Waals surface area contributed by atoms with Crippen LogP contribution in [0.4, 0.5) is 0 Å². The molecule has 0 aliphatic rings. The van der Waals surface area contributed by atoms with Gasteiger partial charge in [0, 0.05) is 0 Å². The minimum atomic E-state index is -4.02. The van der Waals surface area contributed by atoms with E-state index in [0.717, 1.165) is 11.3 Å². The van der Waals surface area contributed by atoms with Crippen LogP contribution >= 0.6 is 0 Å². The Bertz CT molecular complexity index is 651. The van der Waals surface area contributed by atoms with E-state index < -0.39 is 10.1 Å². The molecule has 0 amide bonds. The molecule has 1 unspecified atom stereocenters. The van der Waals surface area contributed by atoms with Crippen LogP contribution in [0.15, 0.2) is 59.5 Å². The highest BCUT2D eigenvalue weighted by molar-refractivity contribution is 7.85. The SMILES string of the molecule is CC(CO)Oc1ccccc1.Cc1ccc(S(=O)(=O)O)cc1. The summed E-state index contributed by atoms with van der Waals surface area (Å²) in [6.07, 6.45) is -0.127. The fourth-order valence-corrected chi connectivity index (χ4v) is 1.96. The molecular formula is C16H20O5S. The highest BCUT2D eigenvalue weighted by Gasteiger charge is 2.06. The third-order valence-electron chi connectivity index (χ3n) is 2.66. The van der Waals surface area contributed by atoms with Crippen molar-refractivity contribution in [1.29, 1.82) is 0 Å². The minimum Gasteiger partial charge on any atom is -0.488 e. The molecule has 2 aromatic carbocycles. The van der Waals surface area contributed by atoms with Gasteiger partial charge in [0.25, 0.3) is 10.1 Å². The molecule has 5 nitrogen and oxygen atoms in total. The number of para-hydroxylation sites is 1. The number of aliphatic hydroxyl groups is 1. The Balaban J connectivity index is 0.000000220. The van der Waals surface area contributed by atoms with Gasteiger partial charge in [0.15, 0.2) is 0 Å². The van der Waals surface area contributed by atoms with Crippen molar-refractivity contribution in [3.05, 3.63) is 60.2 Å². The van der Waals surface area contributed by atoms with Crippen molar-refractivity contribution in [2.45, 2.75) is 24.8 Å². The maximum Gasteiger partial charge on any atom is 0.294 e. The average molecular weight is 324 g/mol. The molecule has 0 heterocycles. The van der Waals surface area contributed by atoms with Crippen LogP contribution in [0.3, 0.4) is 0 Å². The lowest BCUT2D eigenvalue weighted by molar-refractivity contribution is 0.130. The summed E-state index contributed by atoms with van der Waals surface area (Å²) in [5.41, 5.74) is 0.956. The van der Waals surface area contributed by atoms with Crippen molar-refractivity contribution >= 4 is 10.1 Å². The second-order valence-electron chi connectivity index (χ2n) is 4.71. The van der Waals surface area contributed by atoms with Crippen LogP contribution in [0.1, 0.15) is 12.5 Å². The molecule has 0 saturated carbocycles. The van der Waals surface area contributed by atoms with Crippen molar-refractivity contribution in [2.24, 2.45) is 0 Å². The first-order chi connectivity index (χ1) is 10.3. The number of aryl methyl sites for hydroxylation is 1. The van der Waals surface area contributed by atoms with Crippen LogP contribution in [-0.4, -0.2) is 30.8 Å². The Morgan fingerprint density at radius 3 is 2.05 bits per heavy atom. The predicted octanol–water partition coefficient (Wildman–Crippen LogP) is 2.69. The number of hydrogen-bond donors (Lipinski definition) is 2. The first-order valence-electron chi connectivity index (χ1n) is 6.69. The average Bonchev–Trinajstić information content (AvgIpc) is 2.48. The van der Waals surface area contributed by atoms with Crippen LogP contribution in [0, 0.1) is 6.92 Å². The Labute approximate surface area is 130 Å². The van der Waals surface area contributed by atoms with Gasteiger partial charge in [0.2, 0.25) is 0 Å². The van der Waals surface area contributed by atoms with Gasteiger partial charge < -0.3 is 9.84 Å². The molecule has 120 valence electrons. The number of hydrogen-bond acceptors (Lipinski definition) is 4. The van der Waals surface area contributed by atoms with E-state index in [1.165, 1.54) is 12.1 Å². The zero-order valence-electron chi connectivity index (χ0n) is 12.5. The number of rotatable bonds is 4. The Kier molecular flexibility index (Phi) is 7.04. The molecule has 2 rings (SSSR count). The lowest BCUT2D eigenvalue weighted by atomic mass is 10.2. The van der Waals surface area contributed by atoms with Crippen LogP contribution in [0.5, 0.6) is 5.75 Å². The van der Waals surface area contributed by atoms with Crippen LogP contribution in [-0.2, 0) is 10.1 Å². The van der Waals surface area contributed by atoms with E-state index in [0.29, 0.717) is 0 Å². The Morgan fingerprint density at radius 1 is 1.05 bits per heavy atom. The highest BCUT2D eigenvalue weighted by Crippen LogP contribution is 2.10.